The predicted octanol–water partition coefficient (Wildman–Crippen LogP) is 2.20. The van der Waals surface area contributed by atoms with E-state index in [9.17, 15) is 9.59 Å². The Balaban J connectivity index is 2.90. The van der Waals surface area contributed by atoms with Gasteiger partial charge in [0.15, 0.2) is 0 Å². The first kappa shape index (κ1) is 16.2. The lowest BCUT2D eigenvalue weighted by atomic mass is 9.85. The normalized spacial score (nSPS) is 13.4. The van der Waals surface area contributed by atoms with Gasteiger partial charge in [-0.2, -0.15) is 0 Å². The van der Waals surface area contributed by atoms with E-state index >= 15 is 0 Å². The molecule has 20 heavy (non-hydrogen) atoms. The van der Waals surface area contributed by atoms with E-state index in [1.165, 1.54) is 0 Å². The second-order valence-electron chi connectivity index (χ2n) is 6.56. The van der Waals surface area contributed by atoms with E-state index in [1.807, 2.05) is 65.0 Å². The molecule has 4 nitrogen and oxygen atoms in total. The van der Waals surface area contributed by atoms with Gasteiger partial charge in [-0.15, -0.1) is 0 Å². The van der Waals surface area contributed by atoms with E-state index < -0.39 is 11.6 Å². The third-order valence-corrected chi connectivity index (χ3v) is 3.29. The van der Waals surface area contributed by atoms with Crippen LogP contribution in [0.3, 0.4) is 0 Å². The molecule has 0 bridgehead atoms. The Kier molecular flexibility index (Phi) is 4.93. The number of hydrogen-bond donors (Lipinski definition) is 2. The Hall–Kier alpha value is -1.84. The van der Waals surface area contributed by atoms with E-state index in [-0.39, 0.29) is 11.3 Å². The summed E-state index contributed by atoms with van der Waals surface area (Å²) in [7, 11) is 0. The number of amides is 2. The minimum atomic E-state index is -0.567. The summed E-state index contributed by atoms with van der Waals surface area (Å²) in [6.07, 6.45) is 0.574. The Morgan fingerprint density at radius 2 is 1.65 bits per heavy atom. The standard InChI is InChI=1S/C16H24N2O2/c1-15(2,3)13(17-11-19)14(20)18-16(4,5)12-9-7-6-8-10-12/h6-11,13H,1-5H3,(H,17,19)(H,18,20)/t13-/m1/s1. The maximum Gasteiger partial charge on any atom is 0.243 e. The van der Waals surface area contributed by atoms with Crippen molar-refractivity contribution in [2.24, 2.45) is 5.41 Å². The molecule has 0 aliphatic heterocycles. The van der Waals surface area contributed by atoms with E-state index in [2.05, 4.69) is 10.6 Å². The van der Waals surface area contributed by atoms with Gasteiger partial charge in [0, 0.05) is 0 Å². The zero-order valence-electron chi connectivity index (χ0n) is 12.9. The summed E-state index contributed by atoms with van der Waals surface area (Å²) in [5.41, 5.74) is 0.177. The third kappa shape index (κ3) is 4.08. The van der Waals surface area contributed by atoms with Gasteiger partial charge in [0.25, 0.3) is 0 Å². The molecule has 4 heteroatoms. The molecule has 0 saturated carbocycles. The summed E-state index contributed by atoms with van der Waals surface area (Å²) >= 11 is 0. The highest BCUT2D eigenvalue weighted by molar-refractivity contribution is 5.85. The molecule has 1 aromatic rings. The zero-order chi connectivity index (χ0) is 15.4. The summed E-state index contributed by atoms with van der Waals surface area (Å²) in [5.74, 6) is -0.182. The molecule has 0 aliphatic carbocycles. The molecule has 110 valence electrons. The Bertz CT molecular complexity index is 461. The average Bonchev–Trinajstić information content (AvgIpc) is 2.35. The number of benzene rings is 1. The molecule has 0 saturated heterocycles. The molecule has 0 heterocycles. The second kappa shape index (κ2) is 6.07. The van der Waals surface area contributed by atoms with Gasteiger partial charge >= 0.3 is 0 Å². The lowest BCUT2D eigenvalue weighted by Gasteiger charge is -2.34. The smallest absolute Gasteiger partial charge is 0.243 e. The van der Waals surface area contributed by atoms with Crippen LogP contribution in [-0.2, 0) is 15.1 Å². The summed E-state index contributed by atoms with van der Waals surface area (Å²) in [6.45, 7) is 9.65. The van der Waals surface area contributed by atoms with Crippen LogP contribution in [0.2, 0.25) is 0 Å². The minimum Gasteiger partial charge on any atom is -0.346 e. The molecule has 2 amide bonds. The van der Waals surface area contributed by atoms with Crippen molar-refractivity contribution in [2.45, 2.75) is 46.2 Å². The molecule has 1 rings (SSSR count). The van der Waals surface area contributed by atoms with Gasteiger partial charge in [0.1, 0.15) is 6.04 Å². The summed E-state index contributed by atoms with van der Waals surface area (Å²) in [6, 6.07) is 9.19. The molecule has 0 spiro atoms. The number of nitrogens with one attached hydrogen (secondary N) is 2. The fourth-order valence-corrected chi connectivity index (χ4v) is 2.09. The summed E-state index contributed by atoms with van der Waals surface area (Å²) < 4.78 is 0. The monoisotopic (exact) mass is 276 g/mol. The average molecular weight is 276 g/mol. The number of rotatable bonds is 5. The third-order valence-electron chi connectivity index (χ3n) is 3.29. The van der Waals surface area contributed by atoms with Gasteiger partial charge in [-0.1, -0.05) is 51.1 Å². The van der Waals surface area contributed by atoms with Gasteiger partial charge in [-0.05, 0) is 24.8 Å². The fraction of sp³-hybridized carbons (Fsp3) is 0.500. The molecule has 0 aliphatic rings. The summed E-state index contributed by atoms with van der Waals surface area (Å²) in [5, 5.41) is 5.61. The highest BCUT2D eigenvalue weighted by Crippen LogP contribution is 2.23. The van der Waals surface area contributed by atoms with Crippen molar-refractivity contribution in [3.8, 4) is 0 Å². The van der Waals surface area contributed by atoms with E-state index in [0.717, 1.165) is 5.56 Å². The second-order valence-corrected chi connectivity index (χ2v) is 6.56. The lowest BCUT2D eigenvalue weighted by Crippen LogP contribution is -2.55. The zero-order valence-corrected chi connectivity index (χ0v) is 12.9. The molecular weight excluding hydrogens is 252 g/mol. The van der Waals surface area contributed by atoms with Crippen LogP contribution in [-0.4, -0.2) is 18.4 Å². The van der Waals surface area contributed by atoms with Gasteiger partial charge in [0.05, 0.1) is 5.54 Å². The first-order valence-electron chi connectivity index (χ1n) is 6.76. The number of carbonyl (C=O) groups excluding carboxylic acids is 2. The predicted molar refractivity (Wildman–Crippen MR) is 80.1 cm³/mol. The molecule has 2 N–H and O–H groups in total. The Labute approximate surface area is 121 Å². The van der Waals surface area contributed by atoms with Crippen LogP contribution in [0.1, 0.15) is 40.2 Å². The van der Waals surface area contributed by atoms with Crippen LogP contribution in [0.25, 0.3) is 0 Å². The van der Waals surface area contributed by atoms with E-state index in [0.29, 0.717) is 6.41 Å². The van der Waals surface area contributed by atoms with E-state index in [4.69, 9.17) is 0 Å². The van der Waals surface area contributed by atoms with Crippen molar-refractivity contribution in [1.29, 1.82) is 0 Å². The summed E-state index contributed by atoms with van der Waals surface area (Å²) in [4.78, 5) is 23.1. The van der Waals surface area contributed by atoms with Crippen LogP contribution in [0.15, 0.2) is 30.3 Å². The molecule has 0 unspecified atom stereocenters. The maximum atomic E-state index is 12.4. The van der Waals surface area contributed by atoms with Crippen molar-refractivity contribution < 1.29 is 9.59 Å². The number of hydrogen-bond acceptors (Lipinski definition) is 2. The molecule has 1 atom stereocenters. The van der Waals surface area contributed by atoms with Gasteiger partial charge in [-0.3, -0.25) is 9.59 Å². The minimum absolute atomic E-state index is 0.182. The van der Waals surface area contributed by atoms with Crippen molar-refractivity contribution in [1.82, 2.24) is 10.6 Å². The first-order valence-corrected chi connectivity index (χ1v) is 6.76. The van der Waals surface area contributed by atoms with Gasteiger partial charge in [0.2, 0.25) is 12.3 Å². The highest BCUT2D eigenvalue weighted by Gasteiger charge is 2.34. The molecule has 0 fully saturated rings. The Morgan fingerprint density at radius 1 is 1.10 bits per heavy atom. The van der Waals surface area contributed by atoms with Gasteiger partial charge < -0.3 is 10.6 Å². The van der Waals surface area contributed by atoms with E-state index in [1.54, 1.807) is 0 Å². The van der Waals surface area contributed by atoms with Crippen LogP contribution >= 0.6 is 0 Å². The molecule has 0 aromatic heterocycles. The van der Waals surface area contributed by atoms with Crippen molar-refractivity contribution >= 4 is 12.3 Å². The topological polar surface area (TPSA) is 58.2 Å². The first-order chi connectivity index (χ1) is 9.18. The van der Waals surface area contributed by atoms with Gasteiger partial charge in [-0.25, -0.2) is 0 Å². The quantitative estimate of drug-likeness (QED) is 0.810. The van der Waals surface area contributed by atoms with Crippen molar-refractivity contribution in [2.75, 3.05) is 0 Å². The molecule has 1 aromatic carbocycles. The lowest BCUT2D eigenvalue weighted by molar-refractivity contribution is -0.129. The fourth-order valence-electron chi connectivity index (χ4n) is 2.09. The maximum absolute atomic E-state index is 12.4. The van der Waals surface area contributed by atoms with Crippen molar-refractivity contribution in [3.05, 3.63) is 35.9 Å². The highest BCUT2D eigenvalue weighted by atomic mass is 16.2. The van der Waals surface area contributed by atoms with Crippen molar-refractivity contribution in [3.63, 3.8) is 0 Å². The number of carbonyl (C=O) groups is 2. The SMILES string of the molecule is CC(C)(NC(=O)[C@@H](NC=O)C(C)(C)C)c1ccccc1. The molecule has 0 radical (unpaired) electrons. The Morgan fingerprint density at radius 3 is 2.10 bits per heavy atom. The van der Waals surface area contributed by atoms with Crippen LogP contribution < -0.4 is 10.6 Å². The van der Waals surface area contributed by atoms with Crippen LogP contribution in [0, 0.1) is 5.41 Å². The molecular formula is C16H24N2O2. The van der Waals surface area contributed by atoms with Crippen LogP contribution in [0.5, 0.6) is 0 Å². The van der Waals surface area contributed by atoms with Crippen LogP contribution in [0.4, 0.5) is 0 Å². The largest absolute Gasteiger partial charge is 0.346 e.